The minimum atomic E-state index is -0.0625. The molecule has 0 heterocycles. The van der Waals surface area contributed by atoms with E-state index < -0.39 is 0 Å². The Morgan fingerprint density at radius 1 is 0.545 bits per heavy atom. The van der Waals surface area contributed by atoms with Crippen LogP contribution in [-0.4, -0.2) is 23.1 Å². The van der Waals surface area contributed by atoms with Gasteiger partial charge in [0.15, 0.2) is 0 Å². The normalized spacial score (nSPS) is 11.5. The summed E-state index contributed by atoms with van der Waals surface area (Å²) >= 11 is 0. The van der Waals surface area contributed by atoms with Crippen LogP contribution >= 0.6 is 0 Å². The minimum absolute atomic E-state index is 0. The van der Waals surface area contributed by atoms with Crippen LogP contribution in [0.15, 0.2) is 0 Å². The van der Waals surface area contributed by atoms with Crippen LogP contribution in [0, 0.1) is 0 Å². The fraction of sp³-hybridized carbons (Fsp3) is 0.778. The molecule has 0 aliphatic heterocycles. The summed E-state index contributed by atoms with van der Waals surface area (Å²) in [7, 11) is 0. The minimum Gasteiger partial charge on any atom is -0.300 e. The molecule has 4 heteroatoms. The molecule has 1 saturated carbocycles. The van der Waals surface area contributed by atoms with Crippen molar-refractivity contribution in [2.24, 2.45) is 0 Å². The molecule has 1 fully saturated rings. The fourth-order valence-corrected chi connectivity index (χ4v) is 1.41. The van der Waals surface area contributed by atoms with Crippen LogP contribution in [-0.2, 0) is 19.2 Å². The van der Waals surface area contributed by atoms with Crippen molar-refractivity contribution in [3.05, 3.63) is 0 Å². The Morgan fingerprint density at radius 3 is 0.727 bits per heavy atom. The van der Waals surface area contributed by atoms with Crippen molar-refractivity contribution < 1.29 is 19.2 Å². The van der Waals surface area contributed by atoms with E-state index in [-0.39, 0.29) is 37.0 Å². The Bertz CT molecular complexity index is 259. The molecule has 0 amide bonds. The quantitative estimate of drug-likeness (QED) is 0.691. The van der Waals surface area contributed by atoms with Gasteiger partial charge < -0.3 is 9.59 Å². The molecule has 0 bridgehead atoms. The number of hydrogen-bond acceptors (Lipinski definition) is 4. The first-order chi connectivity index (χ1) is 9.59. The van der Waals surface area contributed by atoms with Gasteiger partial charge in [0.2, 0.25) is 0 Å². The predicted octanol–water partition coefficient (Wildman–Crippen LogP) is 4.72. The summed E-state index contributed by atoms with van der Waals surface area (Å²) in [6.45, 7) is 8.92. The maximum Gasteiger partial charge on any atom is 0.137 e. The molecule has 0 aromatic rings. The molecule has 0 unspecified atom stereocenters. The zero-order valence-electron chi connectivity index (χ0n) is 14.6. The number of hydrogen-bond donors (Lipinski definition) is 0. The van der Waals surface area contributed by atoms with E-state index in [0.717, 1.165) is 0 Å². The Morgan fingerprint density at radius 2 is 0.682 bits per heavy atom. The monoisotopic (exact) mass is 316 g/mol. The lowest BCUT2D eigenvalue weighted by atomic mass is 10.0. The third-order valence-corrected chi connectivity index (χ3v) is 2.00. The standard InChI is InChI=1S/C6H12.C5H8O2.2C3H6O.CH4/c1-2-4-6-5-3-1;1-4(6)3-5(2)7;2*1-3(2)4;/h1-6H2;3H2,1-2H3;2*1-2H3;1H4. The first-order valence-electron chi connectivity index (χ1n) is 7.52. The van der Waals surface area contributed by atoms with Crippen LogP contribution in [0.3, 0.4) is 0 Å². The Balaban J connectivity index is -0.0000000997. The molecule has 0 saturated heterocycles. The Kier molecular flexibility index (Phi) is 28.7. The third-order valence-electron chi connectivity index (χ3n) is 2.00. The van der Waals surface area contributed by atoms with Crippen molar-refractivity contribution in [3.63, 3.8) is 0 Å². The van der Waals surface area contributed by atoms with E-state index in [0.29, 0.717) is 0 Å². The Labute approximate surface area is 137 Å². The van der Waals surface area contributed by atoms with Crippen LogP contribution < -0.4 is 0 Å². The highest BCUT2D eigenvalue weighted by Crippen LogP contribution is 2.15. The van der Waals surface area contributed by atoms with Gasteiger partial charge in [-0.1, -0.05) is 46.0 Å². The second kappa shape index (κ2) is 22.0. The molecule has 1 aliphatic rings. The lowest BCUT2D eigenvalue weighted by molar-refractivity contribution is -0.124. The van der Waals surface area contributed by atoms with E-state index in [1.165, 1.54) is 80.1 Å². The number of rotatable bonds is 2. The van der Waals surface area contributed by atoms with Crippen LogP contribution in [0.25, 0.3) is 0 Å². The van der Waals surface area contributed by atoms with Gasteiger partial charge in [-0.3, -0.25) is 9.59 Å². The molecular formula is C18H36O4. The topological polar surface area (TPSA) is 68.3 Å². The van der Waals surface area contributed by atoms with Crippen molar-refractivity contribution in [3.8, 4) is 0 Å². The fourth-order valence-electron chi connectivity index (χ4n) is 1.41. The van der Waals surface area contributed by atoms with Crippen LogP contribution in [0.4, 0.5) is 0 Å². The molecule has 22 heavy (non-hydrogen) atoms. The molecule has 0 radical (unpaired) electrons. The van der Waals surface area contributed by atoms with Gasteiger partial charge in [0.25, 0.3) is 0 Å². The van der Waals surface area contributed by atoms with Gasteiger partial charge in [-0.2, -0.15) is 0 Å². The molecule has 0 aromatic heterocycles. The summed E-state index contributed by atoms with van der Waals surface area (Å²) in [5, 5.41) is 0. The summed E-state index contributed by atoms with van der Waals surface area (Å²) in [4.78, 5) is 39.0. The van der Waals surface area contributed by atoms with Crippen molar-refractivity contribution >= 4 is 23.1 Å². The van der Waals surface area contributed by atoms with E-state index in [9.17, 15) is 19.2 Å². The molecule has 1 aliphatic carbocycles. The highest BCUT2D eigenvalue weighted by Gasteiger charge is 1.95. The molecule has 0 spiro atoms. The van der Waals surface area contributed by atoms with Gasteiger partial charge >= 0.3 is 0 Å². The molecule has 132 valence electrons. The van der Waals surface area contributed by atoms with E-state index in [1.807, 2.05) is 0 Å². The largest absolute Gasteiger partial charge is 0.300 e. The van der Waals surface area contributed by atoms with Crippen molar-refractivity contribution in [1.29, 1.82) is 0 Å². The predicted molar refractivity (Wildman–Crippen MR) is 93.1 cm³/mol. The summed E-state index contributed by atoms with van der Waals surface area (Å²) in [6.07, 6.45) is 9.08. The Hall–Kier alpha value is -1.32. The first-order valence-corrected chi connectivity index (χ1v) is 7.52. The van der Waals surface area contributed by atoms with Gasteiger partial charge in [-0.25, -0.2) is 0 Å². The lowest BCUT2D eigenvalue weighted by Gasteiger charge is -2.05. The van der Waals surface area contributed by atoms with Crippen molar-refractivity contribution in [2.75, 3.05) is 0 Å². The maximum absolute atomic E-state index is 10.0. The summed E-state index contributed by atoms with van der Waals surface area (Å²) < 4.78 is 0. The third kappa shape index (κ3) is 77.5. The first kappa shape index (κ1) is 28.8. The highest BCUT2D eigenvalue weighted by atomic mass is 16.1. The zero-order valence-corrected chi connectivity index (χ0v) is 14.6. The summed E-state index contributed by atoms with van der Waals surface area (Å²) in [6, 6.07) is 0. The lowest BCUT2D eigenvalue weighted by Crippen LogP contribution is -1.97. The number of carbonyl (C=O) groups is 4. The van der Waals surface area contributed by atoms with Crippen LogP contribution in [0.5, 0.6) is 0 Å². The zero-order chi connectivity index (χ0) is 17.3. The molecule has 0 aromatic carbocycles. The highest BCUT2D eigenvalue weighted by molar-refractivity contribution is 5.96. The van der Waals surface area contributed by atoms with Crippen LogP contribution in [0.2, 0.25) is 0 Å². The number of ketones is 4. The van der Waals surface area contributed by atoms with Crippen molar-refractivity contribution in [2.45, 2.75) is 93.9 Å². The summed E-state index contributed by atoms with van der Waals surface area (Å²) in [5.41, 5.74) is 0. The second-order valence-electron chi connectivity index (χ2n) is 5.52. The van der Waals surface area contributed by atoms with E-state index in [4.69, 9.17) is 0 Å². The molecule has 4 nitrogen and oxygen atoms in total. The SMILES string of the molecule is C.C1CCCCC1.CC(=O)CC(C)=O.CC(C)=O.CC(C)=O. The molecular weight excluding hydrogens is 280 g/mol. The smallest absolute Gasteiger partial charge is 0.137 e. The van der Waals surface area contributed by atoms with Gasteiger partial charge in [-0.05, 0) is 41.5 Å². The molecule has 0 atom stereocenters. The summed E-state index contributed by atoms with van der Waals surface area (Å²) in [5.74, 6) is 0.208. The number of Topliss-reactive ketones (excluding diaryl/α,β-unsaturated/α-hetero) is 4. The van der Waals surface area contributed by atoms with E-state index >= 15 is 0 Å². The van der Waals surface area contributed by atoms with Gasteiger partial charge in [0.05, 0.1) is 6.42 Å². The van der Waals surface area contributed by atoms with Crippen molar-refractivity contribution in [1.82, 2.24) is 0 Å². The average Bonchev–Trinajstić information content (AvgIpc) is 2.28. The number of carbonyl (C=O) groups excluding carboxylic acids is 4. The van der Waals surface area contributed by atoms with Gasteiger partial charge in [0.1, 0.15) is 23.1 Å². The molecule has 1 rings (SSSR count). The molecule has 0 N–H and O–H groups in total. The van der Waals surface area contributed by atoms with E-state index in [1.54, 1.807) is 0 Å². The van der Waals surface area contributed by atoms with Gasteiger partial charge in [-0.15, -0.1) is 0 Å². The van der Waals surface area contributed by atoms with E-state index in [2.05, 4.69) is 0 Å². The van der Waals surface area contributed by atoms with Crippen LogP contribution in [0.1, 0.15) is 93.9 Å². The van der Waals surface area contributed by atoms with Gasteiger partial charge in [0, 0.05) is 0 Å². The second-order valence-corrected chi connectivity index (χ2v) is 5.52. The average molecular weight is 316 g/mol. The maximum atomic E-state index is 10.0.